The van der Waals surface area contributed by atoms with Gasteiger partial charge in [0.05, 0.1) is 6.10 Å². The van der Waals surface area contributed by atoms with E-state index in [2.05, 4.69) is 26.6 Å². The van der Waals surface area contributed by atoms with E-state index in [0.717, 1.165) is 6.42 Å². The molecule has 19 heavy (non-hydrogen) atoms. The molecule has 108 valence electrons. The fourth-order valence-electron chi connectivity index (χ4n) is 2.22. The lowest BCUT2D eigenvalue weighted by Crippen LogP contribution is -2.67. The zero-order valence-electron chi connectivity index (χ0n) is 11.1. The molecule has 0 aromatic rings. The van der Waals surface area contributed by atoms with Gasteiger partial charge in [0.1, 0.15) is 0 Å². The Hall–Kier alpha value is -0.950. The lowest BCUT2D eigenvalue weighted by molar-refractivity contribution is -0.155. The molecule has 0 radical (unpaired) electrons. The van der Waals surface area contributed by atoms with Crippen LogP contribution in [0.2, 0.25) is 0 Å². The highest BCUT2D eigenvalue weighted by molar-refractivity contribution is 9.09. The van der Waals surface area contributed by atoms with Gasteiger partial charge in [-0.3, -0.25) is 20.2 Å². The van der Waals surface area contributed by atoms with Crippen molar-refractivity contribution < 1.29 is 19.1 Å². The van der Waals surface area contributed by atoms with Gasteiger partial charge in [-0.15, -0.1) is 0 Å². The number of nitrogens with one attached hydrogen (secondary N) is 2. The van der Waals surface area contributed by atoms with Gasteiger partial charge >= 0.3 is 6.03 Å². The van der Waals surface area contributed by atoms with Crippen molar-refractivity contribution in [3.8, 4) is 0 Å². The third-order valence-electron chi connectivity index (χ3n) is 3.25. The maximum absolute atomic E-state index is 12.2. The molecule has 0 aromatic heterocycles. The van der Waals surface area contributed by atoms with Crippen LogP contribution in [0.4, 0.5) is 4.79 Å². The first-order valence-corrected chi connectivity index (χ1v) is 7.49. The van der Waals surface area contributed by atoms with Gasteiger partial charge in [-0.1, -0.05) is 35.7 Å². The maximum Gasteiger partial charge on any atom is 0.328 e. The van der Waals surface area contributed by atoms with Crippen LogP contribution in [0.3, 0.4) is 0 Å². The van der Waals surface area contributed by atoms with E-state index in [4.69, 9.17) is 4.74 Å². The van der Waals surface area contributed by atoms with E-state index < -0.39 is 29.4 Å². The molecule has 0 unspecified atom stereocenters. The van der Waals surface area contributed by atoms with Crippen molar-refractivity contribution in [3.63, 3.8) is 0 Å². The summed E-state index contributed by atoms with van der Waals surface area (Å²) >= 11 is 3.28. The summed E-state index contributed by atoms with van der Waals surface area (Å²) in [5.41, 5.74) is -1.34. The van der Waals surface area contributed by atoms with Gasteiger partial charge in [-0.2, -0.15) is 0 Å². The van der Waals surface area contributed by atoms with Crippen molar-refractivity contribution >= 4 is 33.8 Å². The number of carbonyl (C=O) groups excluding carboxylic acids is 3. The van der Waals surface area contributed by atoms with E-state index in [-0.39, 0.29) is 0 Å². The summed E-state index contributed by atoms with van der Waals surface area (Å²) < 4.78 is 5.53. The molecule has 0 aromatic carbocycles. The first-order chi connectivity index (χ1) is 9.02. The standard InChI is InChI=1S/C12H19BrN2O4/c1-3-5-6-12(8(7-13)19-4-2)9(16)14-11(18)15-10(12)17/h8H,3-7H2,1-2H3,(H2,14,15,16,17,18)/t8-/m0/s1. The van der Waals surface area contributed by atoms with E-state index in [1.54, 1.807) is 6.92 Å². The molecular formula is C12H19BrN2O4. The molecule has 2 N–H and O–H groups in total. The van der Waals surface area contributed by atoms with E-state index in [1.165, 1.54) is 0 Å². The number of hydrogen-bond acceptors (Lipinski definition) is 4. The number of imide groups is 2. The predicted octanol–water partition coefficient (Wildman–Crippen LogP) is 1.33. The average molecular weight is 335 g/mol. The smallest absolute Gasteiger partial charge is 0.328 e. The first kappa shape index (κ1) is 16.1. The maximum atomic E-state index is 12.2. The average Bonchev–Trinajstić information content (AvgIpc) is 2.36. The summed E-state index contributed by atoms with van der Waals surface area (Å²) in [6.07, 6.45) is 1.30. The molecular weight excluding hydrogens is 316 g/mol. The van der Waals surface area contributed by atoms with E-state index in [1.807, 2.05) is 6.92 Å². The van der Waals surface area contributed by atoms with E-state index in [0.29, 0.717) is 24.8 Å². The Labute approximate surface area is 120 Å². The number of ether oxygens (including phenoxy) is 1. The zero-order valence-corrected chi connectivity index (χ0v) is 12.7. The summed E-state index contributed by atoms with van der Waals surface area (Å²) in [5.74, 6) is -1.15. The second-order valence-corrected chi connectivity index (χ2v) is 5.06. The Bertz CT molecular complexity index is 353. The van der Waals surface area contributed by atoms with Crippen LogP contribution in [0.1, 0.15) is 33.1 Å². The third kappa shape index (κ3) is 3.14. The number of alkyl halides is 1. The van der Waals surface area contributed by atoms with Crippen LogP contribution in [0, 0.1) is 5.41 Å². The quantitative estimate of drug-likeness (QED) is 0.543. The lowest BCUT2D eigenvalue weighted by atomic mass is 9.75. The summed E-state index contributed by atoms with van der Waals surface area (Å²) in [6.45, 7) is 4.16. The van der Waals surface area contributed by atoms with Gasteiger partial charge in [0.2, 0.25) is 11.8 Å². The van der Waals surface area contributed by atoms with Crippen molar-refractivity contribution in [2.24, 2.45) is 5.41 Å². The number of carbonyl (C=O) groups is 3. The van der Waals surface area contributed by atoms with Crippen molar-refractivity contribution in [2.75, 3.05) is 11.9 Å². The van der Waals surface area contributed by atoms with Crippen molar-refractivity contribution in [1.29, 1.82) is 0 Å². The number of unbranched alkanes of at least 4 members (excludes halogenated alkanes) is 1. The normalized spacial score (nSPS) is 19.8. The van der Waals surface area contributed by atoms with Gasteiger partial charge in [-0.25, -0.2) is 4.79 Å². The number of amides is 4. The van der Waals surface area contributed by atoms with Crippen LogP contribution < -0.4 is 10.6 Å². The van der Waals surface area contributed by atoms with E-state index in [9.17, 15) is 14.4 Å². The monoisotopic (exact) mass is 334 g/mol. The molecule has 1 heterocycles. The Kier molecular flexibility index (Phi) is 5.93. The van der Waals surface area contributed by atoms with Gasteiger partial charge < -0.3 is 4.74 Å². The summed E-state index contributed by atoms with van der Waals surface area (Å²) in [6, 6.07) is -0.771. The second kappa shape index (κ2) is 7.00. The fourth-order valence-corrected chi connectivity index (χ4v) is 2.96. The Balaban J connectivity index is 3.12. The molecule has 1 aliphatic heterocycles. The Morgan fingerprint density at radius 2 is 1.79 bits per heavy atom. The minimum absolute atomic E-state index is 0.347. The zero-order chi connectivity index (χ0) is 14.5. The number of rotatable bonds is 7. The number of barbiturate groups is 1. The highest BCUT2D eigenvalue weighted by Gasteiger charge is 2.55. The minimum atomic E-state index is -1.34. The molecule has 0 bridgehead atoms. The van der Waals surface area contributed by atoms with Crippen LogP contribution in [-0.2, 0) is 14.3 Å². The number of hydrogen-bond donors (Lipinski definition) is 2. The van der Waals surface area contributed by atoms with Crippen molar-refractivity contribution in [3.05, 3.63) is 0 Å². The molecule has 1 saturated heterocycles. The van der Waals surface area contributed by atoms with Crippen LogP contribution in [0.15, 0.2) is 0 Å². The minimum Gasteiger partial charge on any atom is -0.376 e. The highest BCUT2D eigenvalue weighted by Crippen LogP contribution is 2.34. The van der Waals surface area contributed by atoms with Crippen molar-refractivity contribution in [2.45, 2.75) is 39.2 Å². The summed E-state index contributed by atoms with van der Waals surface area (Å²) in [7, 11) is 0. The summed E-state index contributed by atoms with van der Waals surface area (Å²) in [4.78, 5) is 35.6. The van der Waals surface area contributed by atoms with Crippen molar-refractivity contribution in [1.82, 2.24) is 10.6 Å². The molecule has 1 rings (SSSR count). The van der Waals surface area contributed by atoms with Crippen LogP contribution in [0.5, 0.6) is 0 Å². The molecule has 0 saturated carbocycles. The van der Waals surface area contributed by atoms with E-state index >= 15 is 0 Å². The lowest BCUT2D eigenvalue weighted by Gasteiger charge is -2.39. The SMILES string of the molecule is CCCCC1([C@H](CBr)OCC)C(=O)NC(=O)NC1=O. The Morgan fingerprint density at radius 1 is 1.21 bits per heavy atom. The third-order valence-corrected chi connectivity index (χ3v) is 3.83. The molecule has 0 aliphatic carbocycles. The topological polar surface area (TPSA) is 84.5 Å². The van der Waals surface area contributed by atoms with Crippen LogP contribution >= 0.6 is 15.9 Å². The first-order valence-electron chi connectivity index (χ1n) is 6.37. The summed E-state index contributed by atoms with van der Waals surface area (Å²) in [5, 5.41) is 4.69. The molecule has 6 nitrogen and oxygen atoms in total. The van der Waals surface area contributed by atoms with Gasteiger partial charge in [-0.05, 0) is 13.3 Å². The molecule has 7 heteroatoms. The van der Waals surface area contributed by atoms with Crippen LogP contribution in [0.25, 0.3) is 0 Å². The molecule has 1 fully saturated rings. The largest absolute Gasteiger partial charge is 0.376 e. The Morgan fingerprint density at radius 3 is 2.21 bits per heavy atom. The van der Waals surface area contributed by atoms with Gasteiger partial charge in [0.25, 0.3) is 0 Å². The molecule has 1 aliphatic rings. The van der Waals surface area contributed by atoms with Gasteiger partial charge in [0, 0.05) is 11.9 Å². The second-order valence-electron chi connectivity index (χ2n) is 4.41. The predicted molar refractivity (Wildman–Crippen MR) is 72.8 cm³/mol. The van der Waals surface area contributed by atoms with Gasteiger partial charge in [0.15, 0.2) is 5.41 Å². The van der Waals surface area contributed by atoms with Crippen LogP contribution in [-0.4, -0.2) is 35.9 Å². The fraction of sp³-hybridized carbons (Fsp3) is 0.750. The molecule has 4 amide bonds. The number of urea groups is 1. The number of halogens is 1. The molecule has 1 atom stereocenters. The highest BCUT2D eigenvalue weighted by atomic mass is 79.9. The molecule has 0 spiro atoms.